The van der Waals surface area contributed by atoms with E-state index in [1.807, 2.05) is 5.32 Å². The van der Waals surface area contributed by atoms with Crippen molar-refractivity contribution in [3.05, 3.63) is 23.4 Å². The maximum Gasteiger partial charge on any atom is 0.307 e. The number of nitrogens with one attached hydrogen (secondary N) is 1. The van der Waals surface area contributed by atoms with Crippen LogP contribution in [0.5, 0.6) is 0 Å². The number of ether oxygens (including phenoxy) is 1. The van der Waals surface area contributed by atoms with Crippen molar-refractivity contribution >= 4 is 18.3 Å². The van der Waals surface area contributed by atoms with Gasteiger partial charge in [-0.2, -0.15) is 0 Å². The van der Waals surface area contributed by atoms with Crippen molar-refractivity contribution < 1.29 is 29.3 Å². The molecule has 1 aliphatic heterocycles. The molecule has 22 heavy (non-hydrogen) atoms. The van der Waals surface area contributed by atoms with Crippen molar-refractivity contribution in [3.8, 4) is 0 Å². The highest BCUT2D eigenvalue weighted by Gasteiger charge is 2.39. The number of hydrogen-bond donors (Lipinski definition) is 3. The van der Waals surface area contributed by atoms with Gasteiger partial charge >= 0.3 is 5.97 Å². The van der Waals surface area contributed by atoms with Crippen molar-refractivity contribution in [2.24, 2.45) is 0 Å². The fourth-order valence-electron chi connectivity index (χ4n) is 2.08. The number of aliphatic hydroxyl groups excluding tert-OH is 1. The van der Waals surface area contributed by atoms with Crippen molar-refractivity contribution in [2.45, 2.75) is 32.1 Å². The van der Waals surface area contributed by atoms with Crippen LogP contribution in [0, 0.1) is 0 Å². The molecule has 8 nitrogen and oxygen atoms in total. The van der Waals surface area contributed by atoms with E-state index in [0.717, 1.165) is 0 Å². The quantitative estimate of drug-likeness (QED) is 0.333. The Kier molecular flexibility index (Phi) is 5.84. The van der Waals surface area contributed by atoms with E-state index in [4.69, 9.17) is 9.84 Å². The van der Waals surface area contributed by atoms with E-state index in [-0.39, 0.29) is 18.6 Å². The van der Waals surface area contributed by atoms with Gasteiger partial charge in [0.05, 0.1) is 13.0 Å². The number of rotatable bonds is 7. The second kappa shape index (κ2) is 7.19. The SMILES string of the molecule is C/C(=C/N(C)[C@H]1C=C(CC(=O)O)C(C)(CO)O1)C(=O)NC=O. The number of likely N-dealkylation sites (N-methyl/N-ethyl adjacent to an activating group) is 1. The topological polar surface area (TPSA) is 116 Å². The molecule has 0 radical (unpaired) electrons. The number of carboxylic acid groups (broad SMARTS) is 1. The van der Waals surface area contributed by atoms with Crippen molar-refractivity contribution in [1.29, 1.82) is 0 Å². The summed E-state index contributed by atoms with van der Waals surface area (Å²) in [6.07, 6.45) is 2.51. The number of aliphatic carboxylic acids is 1. The summed E-state index contributed by atoms with van der Waals surface area (Å²) < 4.78 is 5.69. The minimum absolute atomic E-state index is 0.240. The van der Waals surface area contributed by atoms with Gasteiger partial charge in [-0.05, 0) is 25.5 Å². The van der Waals surface area contributed by atoms with Crippen LogP contribution in [0.4, 0.5) is 0 Å². The molecule has 1 unspecified atom stereocenters. The normalized spacial score (nSPS) is 24.6. The summed E-state index contributed by atoms with van der Waals surface area (Å²) in [7, 11) is 1.64. The van der Waals surface area contributed by atoms with Gasteiger partial charge in [-0.3, -0.25) is 19.7 Å². The summed E-state index contributed by atoms with van der Waals surface area (Å²) in [5, 5.41) is 20.4. The van der Waals surface area contributed by atoms with Gasteiger partial charge in [-0.25, -0.2) is 0 Å². The minimum atomic E-state index is -1.08. The molecule has 0 bridgehead atoms. The summed E-state index contributed by atoms with van der Waals surface area (Å²) in [6, 6.07) is 0. The molecule has 1 rings (SSSR count). The Balaban J connectivity index is 2.91. The summed E-state index contributed by atoms with van der Waals surface area (Å²) in [6.45, 7) is 2.77. The van der Waals surface area contributed by atoms with E-state index in [0.29, 0.717) is 12.0 Å². The first-order valence-electron chi connectivity index (χ1n) is 6.60. The van der Waals surface area contributed by atoms with Crippen molar-refractivity contribution in [2.75, 3.05) is 13.7 Å². The third kappa shape index (κ3) is 4.15. The molecule has 0 aromatic heterocycles. The van der Waals surface area contributed by atoms with E-state index < -0.39 is 23.7 Å². The molecule has 0 saturated heterocycles. The third-order valence-corrected chi connectivity index (χ3v) is 3.39. The van der Waals surface area contributed by atoms with Gasteiger partial charge in [0.1, 0.15) is 11.8 Å². The second-order valence-corrected chi connectivity index (χ2v) is 5.23. The molecule has 0 fully saturated rings. The second-order valence-electron chi connectivity index (χ2n) is 5.23. The molecule has 8 heteroatoms. The standard InChI is InChI=1S/C14H20N2O6/c1-9(13(21)15-8-18)6-16(3)11-4-10(5-12(19)20)14(2,7-17)22-11/h4,6,8,11,17H,5,7H2,1-3H3,(H,19,20)(H,15,18,21)/b9-6-/t11-,14?/m1/s1. The number of imide groups is 1. The number of amides is 2. The molecule has 1 heterocycles. The highest BCUT2D eigenvalue weighted by molar-refractivity contribution is 5.98. The van der Waals surface area contributed by atoms with Gasteiger partial charge in [0, 0.05) is 18.8 Å². The van der Waals surface area contributed by atoms with E-state index in [1.54, 1.807) is 24.9 Å². The molecule has 0 aromatic rings. The molecule has 1 aliphatic rings. The predicted molar refractivity (Wildman–Crippen MR) is 76.4 cm³/mol. The first kappa shape index (κ1) is 17.9. The fraction of sp³-hybridized carbons (Fsp3) is 0.500. The lowest BCUT2D eigenvalue weighted by Gasteiger charge is -2.29. The van der Waals surface area contributed by atoms with Gasteiger partial charge in [0.15, 0.2) is 0 Å². The number of carboxylic acids is 1. The largest absolute Gasteiger partial charge is 0.481 e. The monoisotopic (exact) mass is 312 g/mol. The van der Waals surface area contributed by atoms with Gasteiger partial charge in [0.2, 0.25) is 6.41 Å². The number of aliphatic hydroxyl groups is 1. The third-order valence-electron chi connectivity index (χ3n) is 3.39. The van der Waals surface area contributed by atoms with Gasteiger partial charge in [0.25, 0.3) is 5.91 Å². The maximum atomic E-state index is 11.5. The van der Waals surface area contributed by atoms with E-state index in [1.165, 1.54) is 13.1 Å². The molecular formula is C14H20N2O6. The molecule has 3 N–H and O–H groups in total. The predicted octanol–water partition coefficient (Wildman–Crippen LogP) is -0.397. The van der Waals surface area contributed by atoms with Gasteiger partial charge in [-0.1, -0.05) is 0 Å². The summed E-state index contributed by atoms with van der Waals surface area (Å²) in [5.41, 5.74) is -0.337. The van der Waals surface area contributed by atoms with Gasteiger partial charge in [-0.15, -0.1) is 0 Å². The van der Waals surface area contributed by atoms with Crippen molar-refractivity contribution in [1.82, 2.24) is 10.2 Å². The lowest BCUT2D eigenvalue weighted by molar-refractivity contribution is -0.137. The number of carbonyl (C=O) groups is 3. The van der Waals surface area contributed by atoms with E-state index in [2.05, 4.69) is 0 Å². The number of carbonyl (C=O) groups excluding carboxylic acids is 2. The van der Waals surface area contributed by atoms with Crippen LogP contribution in [0.1, 0.15) is 20.3 Å². The Hall–Kier alpha value is -2.19. The highest BCUT2D eigenvalue weighted by atomic mass is 16.5. The molecule has 0 aliphatic carbocycles. The van der Waals surface area contributed by atoms with Crippen LogP contribution >= 0.6 is 0 Å². The smallest absolute Gasteiger partial charge is 0.307 e. The zero-order chi connectivity index (χ0) is 16.9. The minimum Gasteiger partial charge on any atom is -0.481 e. The molecule has 0 aromatic carbocycles. The Bertz CT molecular complexity index is 527. The molecule has 122 valence electrons. The lowest BCUT2D eigenvalue weighted by Crippen LogP contribution is -2.38. The van der Waals surface area contributed by atoms with E-state index in [9.17, 15) is 19.5 Å². The Labute approximate surface area is 128 Å². The number of nitrogens with zero attached hydrogens (tertiary/aromatic N) is 1. The Morgan fingerprint density at radius 2 is 2.18 bits per heavy atom. The van der Waals surface area contributed by atoms with Crippen LogP contribution in [0.25, 0.3) is 0 Å². The molecule has 0 spiro atoms. The first-order valence-corrected chi connectivity index (χ1v) is 6.60. The molecule has 2 atom stereocenters. The van der Waals surface area contributed by atoms with Crippen LogP contribution in [0.15, 0.2) is 23.4 Å². The summed E-state index contributed by atoms with van der Waals surface area (Å²) >= 11 is 0. The average Bonchev–Trinajstić information content (AvgIpc) is 2.76. The van der Waals surface area contributed by atoms with Crippen LogP contribution in [0.3, 0.4) is 0 Å². The average molecular weight is 312 g/mol. The summed E-state index contributed by atoms with van der Waals surface area (Å²) in [5.74, 6) is -1.56. The van der Waals surface area contributed by atoms with Gasteiger partial charge < -0.3 is 19.8 Å². The highest BCUT2D eigenvalue weighted by Crippen LogP contribution is 2.33. The Morgan fingerprint density at radius 3 is 2.68 bits per heavy atom. The van der Waals surface area contributed by atoms with E-state index >= 15 is 0 Å². The maximum absolute atomic E-state index is 11.5. The van der Waals surface area contributed by atoms with Crippen LogP contribution in [-0.4, -0.2) is 58.9 Å². The molecule has 2 amide bonds. The van der Waals surface area contributed by atoms with Crippen LogP contribution in [0.2, 0.25) is 0 Å². The summed E-state index contributed by atoms with van der Waals surface area (Å²) in [4.78, 5) is 34.2. The fourth-order valence-corrected chi connectivity index (χ4v) is 2.08. The van der Waals surface area contributed by atoms with Crippen LogP contribution in [-0.2, 0) is 19.1 Å². The lowest BCUT2D eigenvalue weighted by atomic mass is 9.95. The van der Waals surface area contributed by atoms with Crippen LogP contribution < -0.4 is 5.32 Å². The molecular weight excluding hydrogens is 292 g/mol. The Morgan fingerprint density at radius 1 is 1.55 bits per heavy atom. The first-order chi connectivity index (χ1) is 10.2. The number of hydrogen-bond acceptors (Lipinski definition) is 6. The molecule has 0 saturated carbocycles. The van der Waals surface area contributed by atoms with Crippen molar-refractivity contribution in [3.63, 3.8) is 0 Å². The zero-order valence-electron chi connectivity index (χ0n) is 12.7. The zero-order valence-corrected chi connectivity index (χ0v) is 12.7.